The Morgan fingerprint density at radius 1 is 1.04 bits per heavy atom. The van der Waals surface area contributed by atoms with Crippen LogP contribution in [0.4, 0.5) is 0 Å². The van der Waals surface area contributed by atoms with Crippen LogP contribution in [0.5, 0.6) is 23.0 Å². The normalized spacial score (nSPS) is 10.9. The van der Waals surface area contributed by atoms with Crippen molar-refractivity contribution in [3.05, 3.63) is 23.8 Å². The molecule has 0 saturated carbocycles. The number of hydrogen-bond donors (Lipinski definition) is 0. The van der Waals surface area contributed by atoms with Crippen molar-refractivity contribution in [1.82, 2.24) is 0 Å². The van der Waals surface area contributed by atoms with Crippen LogP contribution in [-0.2, 0) is 4.79 Å². The molecule has 0 unspecified atom stereocenters. The molecule has 0 radical (unpaired) electrons. The van der Waals surface area contributed by atoms with Gasteiger partial charge in [-0.25, -0.2) is 0 Å². The lowest BCUT2D eigenvalue weighted by molar-refractivity contribution is -0.134. The average molecular weight is 472 g/mol. The molecule has 0 N–H and O–H groups in total. The van der Waals surface area contributed by atoms with Crippen LogP contribution in [0, 0.1) is 6.92 Å². The predicted octanol–water partition coefficient (Wildman–Crippen LogP) is 5.07. The van der Waals surface area contributed by atoms with Crippen molar-refractivity contribution < 1.29 is 23.7 Å². The fourth-order valence-electron chi connectivity index (χ4n) is 2.70. The van der Waals surface area contributed by atoms with Crippen LogP contribution in [0.15, 0.2) is 18.2 Å². The molecule has 0 aromatic heterocycles. The Morgan fingerprint density at radius 2 is 1.69 bits per heavy atom. The van der Waals surface area contributed by atoms with E-state index in [9.17, 15) is 4.79 Å². The van der Waals surface area contributed by atoms with Gasteiger partial charge < -0.3 is 18.9 Å². The molecule has 2 aromatic rings. The number of rotatable bonds is 8. The second-order valence-corrected chi connectivity index (χ2v) is 7.29. The summed E-state index contributed by atoms with van der Waals surface area (Å²) in [6.07, 6.45) is 1.08. The topological polar surface area (TPSA) is 54.0 Å². The van der Waals surface area contributed by atoms with Gasteiger partial charge >= 0.3 is 5.97 Å². The standard InChI is InChI=1S/C20H25IO5/c1-12(2)25-17-14-9-8-13(3)11-15(14)18(20(24-5)19(17)23-4)26-16(22)7-6-10-21/h8-9,11-12H,6-7,10H2,1-5H3. The first-order chi connectivity index (χ1) is 12.4. The summed E-state index contributed by atoms with van der Waals surface area (Å²) in [4.78, 5) is 12.3. The molecular formula is C20H25IO5. The fourth-order valence-corrected chi connectivity index (χ4v) is 3.08. The van der Waals surface area contributed by atoms with E-state index >= 15 is 0 Å². The molecule has 0 saturated heterocycles. The number of aryl methyl sites for hydroxylation is 1. The van der Waals surface area contributed by atoms with E-state index in [2.05, 4.69) is 22.6 Å². The van der Waals surface area contributed by atoms with Crippen molar-refractivity contribution in [1.29, 1.82) is 0 Å². The quantitative estimate of drug-likeness (QED) is 0.232. The number of carbonyl (C=O) groups is 1. The maximum atomic E-state index is 12.3. The van der Waals surface area contributed by atoms with Crippen LogP contribution in [0.25, 0.3) is 10.8 Å². The summed E-state index contributed by atoms with van der Waals surface area (Å²) in [6.45, 7) is 5.88. The fraction of sp³-hybridized carbons (Fsp3) is 0.450. The van der Waals surface area contributed by atoms with E-state index < -0.39 is 0 Å². The van der Waals surface area contributed by atoms with Crippen LogP contribution in [0.3, 0.4) is 0 Å². The summed E-state index contributed by atoms with van der Waals surface area (Å²) in [5.41, 5.74) is 1.05. The van der Waals surface area contributed by atoms with Crippen LogP contribution in [0.2, 0.25) is 0 Å². The third-order valence-electron chi connectivity index (χ3n) is 3.78. The van der Waals surface area contributed by atoms with Crippen LogP contribution < -0.4 is 18.9 Å². The highest BCUT2D eigenvalue weighted by Gasteiger charge is 2.25. The Bertz CT molecular complexity index is 786. The lowest BCUT2D eigenvalue weighted by atomic mass is 10.0. The van der Waals surface area contributed by atoms with Gasteiger partial charge in [-0.2, -0.15) is 0 Å². The zero-order chi connectivity index (χ0) is 19.3. The van der Waals surface area contributed by atoms with Crippen molar-refractivity contribution in [2.75, 3.05) is 18.6 Å². The minimum atomic E-state index is -0.289. The summed E-state index contributed by atoms with van der Waals surface area (Å²) in [5, 5.41) is 1.58. The number of benzene rings is 2. The summed E-state index contributed by atoms with van der Waals surface area (Å²) >= 11 is 2.24. The lowest BCUT2D eigenvalue weighted by Crippen LogP contribution is -2.12. The van der Waals surface area contributed by atoms with Gasteiger partial charge in [0.05, 0.1) is 20.3 Å². The Hall–Kier alpha value is -1.70. The number of carbonyl (C=O) groups excluding carboxylic acids is 1. The molecule has 5 nitrogen and oxygen atoms in total. The first-order valence-corrected chi connectivity index (χ1v) is 10.1. The number of fused-ring (bicyclic) bond motifs is 1. The number of hydrogen-bond acceptors (Lipinski definition) is 5. The van der Waals surface area contributed by atoms with E-state index in [1.165, 1.54) is 7.11 Å². The molecule has 0 bridgehead atoms. The number of methoxy groups -OCH3 is 2. The number of esters is 1. The molecule has 0 fully saturated rings. The van der Waals surface area contributed by atoms with Gasteiger partial charge in [0.1, 0.15) is 0 Å². The molecular weight excluding hydrogens is 447 g/mol. The van der Waals surface area contributed by atoms with Crippen molar-refractivity contribution in [2.45, 2.75) is 39.7 Å². The summed E-state index contributed by atoms with van der Waals surface area (Å²) in [5.74, 6) is 1.46. The Labute approximate surface area is 168 Å². The van der Waals surface area contributed by atoms with E-state index in [1.54, 1.807) is 7.11 Å². The van der Waals surface area contributed by atoms with Crippen molar-refractivity contribution in [2.24, 2.45) is 0 Å². The molecule has 6 heteroatoms. The Morgan fingerprint density at radius 3 is 2.27 bits per heavy atom. The van der Waals surface area contributed by atoms with Gasteiger partial charge in [0.25, 0.3) is 0 Å². The second-order valence-electron chi connectivity index (χ2n) is 6.21. The monoisotopic (exact) mass is 472 g/mol. The predicted molar refractivity (Wildman–Crippen MR) is 111 cm³/mol. The average Bonchev–Trinajstić information content (AvgIpc) is 2.60. The van der Waals surface area contributed by atoms with Gasteiger partial charge in [-0.05, 0) is 33.3 Å². The highest BCUT2D eigenvalue weighted by molar-refractivity contribution is 14.1. The molecule has 0 atom stereocenters. The van der Waals surface area contributed by atoms with Gasteiger partial charge in [-0.1, -0.05) is 40.3 Å². The van der Waals surface area contributed by atoms with Crippen molar-refractivity contribution >= 4 is 39.3 Å². The molecule has 0 aliphatic heterocycles. The van der Waals surface area contributed by atoms with E-state index in [0.717, 1.165) is 27.2 Å². The van der Waals surface area contributed by atoms with Gasteiger partial charge in [-0.15, -0.1) is 0 Å². The van der Waals surface area contributed by atoms with Crippen LogP contribution in [0.1, 0.15) is 32.3 Å². The molecule has 0 spiro atoms. The maximum absolute atomic E-state index is 12.3. The maximum Gasteiger partial charge on any atom is 0.311 e. The highest BCUT2D eigenvalue weighted by atomic mass is 127. The zero-order valence-electron chi connectivity index (χ0n) is 15.8. The number of ether oxygens (including phenoxy) is 4. The highest BCUT2D eigenvalue weighted by Crippen LogP contribution is 2.51. The van der Waals surface area contributed by atoms with E-state index in [4.69, 9.17) is 18.9 Å². The Kier molecular flexibility index (Phi) is 7.37. The van der Waals surface area contributed by atoms with Crippen LogP contribution >= 0.6 is 22.6 Å². The largest absolute Gasteiger partial charge is 0.490 e. The summed E-state index contributed by atoms with van der Waals surface area (Å²) in [6, 6.07) is 5.90. The molecule has 0 amide bonds. The van der Waals surface area contributed by atoms with E-state index in [0.29, 0.717) is 29.4 Å². The Balaban J connectivity index is 2.72. The first kappa shape index (κ1) is 20.6. The summed E-state index contributed by atoms with van der Waals surface area (Å²) in [7, 11) is 3.08. The molecule has 26 heavy (non-hydrogen) atoms. The second kappa shape index (κ2) is 9.30. The smallest absolute Gasteiger partial charge is 0.311 e. The third kappa shape index (κ3) is 4.52. The van der Waals surface area contributed by atoms with Crippen molar-refractivity contribution in [3.63, 3.8) is 0 Å². The lowest BCUT2D eigenvalue weighted by Gasteiger charge is -2.21. The molecule has 0 aliphatic rings. The van der Waals surface area contributed by atoms with Gasteiger partial charge in [0.2, 0.25) is 11.5 Å². The minimum absolute atomic E-state index is 0.0461. The number of alkyl halides is 1. The van der Waals surface area contributed by atoms with Gasteiger partial charge in [-0.3, -0.25) is 4.79 Å². The molecule has 142 valence electrons. The zero-order valence-corrected chi connectivity index (χ0v) is 18.0. The first-order valence-electron chi connectivity index (χ1n) is 8.54. The van der Waals surface area contributed by atoms with Gasteiger partial charge in [0.15, 0.2) is 11.5 Å². The van der Waals surface area contributed by atoms with Gasteiger partial charge in [0, 0.05) is 21.6 Å². The van der Waals surface area contributed by atoms with E-state index in [-0.39, 0.29) is 12.1 Å². The van der Waals surface area contributed by atoms with E-state index in [1.807, 2.05) is 39.0 Å². The van der Waals surface area contributed by atoms with Crippen molar-refractivity contribution in [3.8, 4) is 23.0 Å². The van der Waals surface area contributed by atoms with Crippen LogP contribution in [-0.4, -0.2) is 30.7 Å². The molecule has 2 rings (SSSR count). The summed E-state index contributed by atoms with van der Waals surface area (Å²) < 4.78 is 23.7. The minimum Gasteiger partial charge on any atom is -0.490 e. The number of halogens is 1. The SMILES string of the molecule is COc1c(OC)c(OC(C)C)c2ccc(C)cc2c1OC(=O)CCCI. The molecule has 0 aliphatic carbocycles. The molecule has 0 heterocycles. The third-order valence-corrected chi connectivity index (χ3v) is 4.54. The molecule has 2 aromatic carbocycles.